The maximum absolute atomic E-state index is 12.1. The minimum absolute atomic E-state index is 0.0519. The Labute approximate surface area is 164 Å². The van der Waals surface area contributed by atoms with Gasteiger partial charge in [-0.3, -0.25) is 19.4 Å². The fraction of sp³-hybridized carbons (Fsp3) is 0.105. The van der Waals surface area contributed by atoms with Crippen LogP contribution in [0.15, 0.2) is 48.0 Å². The van der Waals surface area contributed by atoms with E-state index in [1.165, 1.54) is 11.3 Å². The van der Waals surface area contributed by atoms with Crippen LogP contribution in [0.2, 0.25) is 0 Å². The molecule has 3 heterocycles. The second-order valence-corrected chi connectivity index (χ2v) is 6.96. The largest absolute Gasteiger partial charge is 0.344 e. The Morgan fingerprint density at radius 1 is 1.18 bits per heavy atom. The molecule has 0 bridgehead atoms. The Bertz CT molecular complexity index is 1060. The van der Waals surface area contributed by atoms with Crippen molar-refractivity contribution < 1.29 is 14.4 Å². The van der Waals surface area contributed by atoms with Crippen molar-refractivity contribution >= 4 is 40.6 Å². The molecule has 9 heteroatoms. The standard InChI is InChI=1S/C19H15N5O3S/c25-16-8-12-7-11(4-5-13(12)22-16)9-21-17(26)18(27)23-15-10-28-19(24-15)14-3-1-2-6-20-14/h1-7,10H,8-9H2,(H,21,26)(H,22,25)(H,23,27). The van der Waals surface area contributed by atoms with Crippen LogP contribution in [0.1, 0.15) is 11.1 Å². The van der Waals surface area contributed by atoms with Crippen LogP contribution >= 0.6 is 11.3 Å². The van der Waals surface area contributed by atoms with Gasteiger partial charge in [0.1, 0.15) is 10.8 Å². The SMILES string of the molecule is O=C1Cc2cc(CNC(=O)C(=O)Nc3csc(-c4ccccn4)n3)ccc2N1. The van der Waals surface area contributed by atoms with E-state index < -0.39 is 11.8 Å². The molecule has 3 aromatic rings. The molecule has 3 N–H and O–H groups in total. The molecule has 1 aromatic carbocycles. The topological polar surface area (TPSA) is 113 Å². The summed E-state index contributed by atoms with van der Waals surface area (Å²) in [6.07, 6.45) is 1.98. The Morgan fingerprint density at radius 2 is 2.07 bits per heavy atom. The molecule has 1 aliphatic heterocycles. The van der Waals surface area contributed by atoms with Gasteiger partial charge in [0.25, 0.3) is 0 Å². The molecule has 4 rings (SSSR count). The van der Waals surface area contributed by atoms with Crippen molar-refractivity contribution in [3.8, 4) is 10.7 Å². The van der Waals surface area contributed by atoms with Crippen molar-refractivity contribution in [2.75, 3.05) is 10.6 Å². The van der Waals surface area contributed by atoms with E-state index in [4.69, 9.17) is 0 Å². The molecule has 0 atom stereocenters. The summed E-state index contributed by atoms with van der Waals surface area (Å²) in [5.74, 6) is -1.31. The number of anilines is 2. The number of amides is 3. The van der Waals surface area contributed by atoms with Crippen molar-refractivity contribution in [1.29, 1.82) is 0 Å². The van der Waals surface area contributed by atoms with E-state index in [1.54, 1.807) is 29.8 Å². The summed E-state index contributed by atoms with van der Waals surface area (Å²) < 4.78 is 0. The maximum atomic E-state index is 12.1. The van der Waals surface area contributed by atoms with Gasteiger partial charge in [-0.1, -0.05) is 18.2 Å². The molecule has 140 valence electrons. The van der Waals surface area contributed by atoms with Crippen molar-refractivity contribution in [2.45, 2.75) is 13.0 Å². The Hall–Kier alpha value is -3.59. The van der Waals surface area contributed by atoms with E-state index in [-0.39, 0.29) is 12.5 Å². The predicted molar refractivity (Wildman–Crippen MR) is 105 cm³/mol. The van der Waals surface area contributed by atoms with Gasteiger partial charge in [-0.2, -0.15) is 0 Å². The van der Waals surface area contributed by atoms with E-state index in [0.717, 1.165) is 16.8 Å². The second-order valence-electron chi connectivity index (χ2n) is 6.11. The summed E-state index contributed by atoms with van der Waals surface area (Å²) >= 11 is 1.32. The Kier molecular flexibility index (Phi) is 4.81. The van der Waals surface area contributed by atoms with Crippen LogP contribution in [-0.2, 0) is 27.3 Å². The molecule has 0 aliphatic carbocycles. The number of pyridine rings is 1. The van der Waals surface area contributed by atoms with Crippen LogP contribution in [0.5, 0.6) is 0 Å². The van der Waals surface area contributed by atoms with E-state index in [2.05, 4.69) is 25.9 Å². The highest BCUT2D eigenvalue weighted by Gasteiger charge is 2.19. The van der Waals surface area contributed by atoms with Crippen LogP contribution in [0.4, 0.5) is 11.5 Å². The number of rotatable bonds is 4. The van der Waals surface area contributed by atoms with Crippen LogP contribution in [-0.4, -0.2) is 27.7 Å². The normalized spacial score (nSPS) is 12.2. The van der Waals surface area contributed by atoms with Crippen molar-refractivity contribution in [3.63, 3.8) is 0 Å². The first-order chi connectivity index (χ1) is 13.6. The monoisotopic (exact) mass is 393 g/mol. The van der Waals surface area contributed by atoms with Gasteiger partial charge in [0.2, 0.25) is 5.91 Å². The molecule has 0 unspecified atom stereocenters. The van der Waals surface area contributed by atoms with E-state index in [0.29, 0.717) is 22.9 Å². The second kappa shape index (κ2) is 7.57. The van der Waals surface area contributed by atoms with Gasteiger partial charge in [-0.15, -0.1) is 11.3 Å². The van der Waals surface area contributed by atoms with Crippen molar-refractivity contribution in [3.05, 3.63) is 59.1 Å². The number of hydrogen-bond acceptors (Lipinski definition) is 6. The summed E-state index contributed by atoms with van der Waals surface area (Å²) in [6, 6.07) is 10.9. The van der Waals surface area contributed by atoms with Gasteiger partial charge < -0.3 is 16.0 Å². The fourth-order valence-corrected chi connectivity index (χ4v) is 3.49. The summed E-state index contributed by atoms with van der Waals surface area (Å²) in [5.41, 5.74) is 3.17. The molecular weight excluding hydrogens is 378 g/mol. The highest BCUT2D eigenvalue weighted by molar-refractivity contribution is 7.13. The first-order valence-corrected chi connectivity index (χ1v) is 9.34. The summed E-state index contributed by atoms with van der Waals surface area (Å²) in [7, 11) is 0. The molecule has 0 radical (unpaired) electrons. The third kappa shape index (κ3) is 3.89. The van der Waals surface area contributed by atoms with Crippen LogP contribution in [0.25, 0.3) is 10.7 Å². The lowest BCUT2D eigenvalue weighted by Gasteiger charge is -2.06. The van der Waals surface area contributed by atoms with E-state index in [9.17, 15) is 14.4 Å². The number of carbonyl (C=O) groups excluding carboxylic acids is 3. The average Bonchev–Trinajstić information content (AvgIpc) is 3.31. The molecule has 0 saturated carbocycles. The Balaban J connectivity index is 1.33. The molecular formula is C19H15N5O3S. The van der Waals surface area contributed by atoms with Gasteiger partial charge in [-0.05, 0) is 29.3 Å². The molecule has 28 heavy (non-hydrogen) atoms. The Morgan fingerprint density at radius 3 is 2.89 bits per heavy atom. The summed E-state index contributed by atoms with van der Waals surface area (Å²) in [6.45, 7) is 0.184. The lowest BCUT2D eigenvalue weighted by molar-refractivity contribution is -0.136. The predicted octanol–water partition coefficient (Wildman–Crippen LogP) is 1.95. The number of carbonyl (C=O) groups is 3. The number of nitrogens with one attached hydrogen (secondary N) is 3. The van der Waals surface area contributed by atoms with Gasteiger partial charge in [0, 0.05) is 23.8 Å². The van der Waals surface area contributed by atoms with Gasteiger partial charge >= 0.3 is 11.8 Å². The quantitative estimate of drug-likeness (QED) is 0.587. The summed E-state index contributed by atoms with van der Waals surface area (Å²) in [4.78, 5) is 44.0. The van der Waals surface area contributed by atoms with Gasteiger partial charge in [-0.25, -0.2) is 4.98 Å². The van der Waals surface area contributed by atoms with Crippen molar-refractivity contribution in [1.82, 2.24) is 15.3 Å². The minimum Gasteiger partial charge on any atom is -0.344 e. The van der Waals surface area contributed by atoms with Crippen molar-refractivity contribution in [2.24, 2.45) is 0 Å². The highest BCUT2D eigenvalue weighted by atomic mass is 32.1. The summed E-state index contributed by atoms with van der Waals surface area (Å²) in [5, 5.41) is 10.1. The number of nitrogens with zero attached hydrogens (tertiary/aromatic N) is 2. The van der Waals surface area contributed by atoms with Crippen LogP contribution < -0.4 is 16.0 Å². The van der Waals surface area contributed by atoms with Crippen LogP contribution in [0, 0.1) is 0 Å². The number of fused-ring (bicyclic) bond motifs is 1. The fourth-order valence-electron chi connectivity index (χ4n) is 2.77. The third-order valence-electron chi connectivity index (χ3n) is 4.08. The highest BCUT2D eigenvalue weighted by Crippen LogP contribution is 2.24. The van der Waals surface area contributed by atoms with Gasteiger partial charge in [0.15, 0.2) is 0 Å². The molecule has 8 nitrogen and oxygen atoms in total. The molecule has 2 aromatic heterocycles. The maximum Gasteiger partial charge on any atom is 0.314 e. The number of hydrogen-bond donors (Lipinski definition) is 3. The lowest BCUT2D eigenvalue weighted by atomic mass is 10.1. The zero-order valence-electron chi connectivity index (χ0n) is 14.6. The molecule has 0 spiro atoms. The molecule has 0 fully saturated rings. The van der Waals surface area contributed by atoms with Crippen LogP contribution in [0.3, 0.4) is 0 Å². The first-order valence-electron chi connectivity index (χ1n) is 8.46. The van der Waals surface area contributed by atoms with E-state index in [1.807, 2.05) is 18.2 Å². The number of aromatic nitrogens is 2. The average molecular weight is 393 g/mol. The molecule has 3 amide bonds. The smallest absolute Gasteiger partial charge is 0.314 e. The zero-order chi connectivity index (χ0) is 19.5. The molecule has 1 aliphatic rings. The number of thiazole rings is 1. The van der Waals surface area contributed by atoms with E-state index >= 15 is 0 Å². The molecule has 0 saturated heterocycles. The lowest BCUT2D eigenvalue weighted by Crippen LogP contribution is -2.35. The number of benzene rings is 1. The minimum atomic E-state index is -0.795. The van der Waals surface area contributed by atoms with Gasteiger partial charge in [0.05, 0.1) is 12.1 Å². The first kappa shape index (κ1) is 17.8. The third-order valence-corrected chi connectivity index (χ3v) is 4.95. The zero-order valence-corrected chi connectivity index (χ0v) is 15.4.